The van der Waals surface area contributed by atoms with Crippen molar-refractivity contribution in [2.24, 2.45) is 0 Å². The van der Waals surface area contributed by atoms with Gasteiger partial charge >= 0.3 is 6.18 Å². The molecule has 2 aromatic carbocycles. The number of aromatic nitrogens is 1. The number of nitrogens with one attached hydrogen (secondary N) is 2. The Labute approximate surface area is 170 Å². The molecule has 8 heteroatoms. The van der Waals surface area contributed by atoms with Crippen molar-refractivity contribution in [3.05, 3.63) is 83.0 Å². The summed E-state index contributed by atoms with van der Waals surface area (Å²) in [6.45, 7) is 1.15. The topological polar surface area (TPSA) is 63.2 Å². The number of anilines is 2. The molecule has 0 bridgehead atoms. The highest BCUT2D eigenvalue weighted by molar-refractivity contribution is 6.05. The molecule has 2 heterocycles. The fourth-order valence-corrected chi connectivity index (χ4v) is 3.21. The molecular weight excluding hydrogens is 395 g/mol. The Hall–Kier alpha value is -3.55. The fraction of sp³-hybridized carbons (Fsp3) is 0.182. The van der Waals surface area contributed by atoms with Crippen molar-refractivity contribution in [1.29, 1.82) is 0 Å². The molecule has 1 aromatic heterocycles. The Morgan fingerprint density at radius 3 is 2.80 bits per heavy atom. The molecule has 0 atom stereocenters. The lowest BCUT2D eigenvalue weighted by Gasteiger charge is -2.13. The summed E-state index contributed by atoms with van der Waals surface area (Å²) in [5.41, 5.74) is 1.59. The maximum Gasteiger partial charge on any atom is 0.416 e. The van der Waals surface area contributed by atoms with Crippen molar-refractivity contribution in [1.82, 2.24) is 4.98 Å². The van der Waals surface area contributed by atoms with Crippen molar-refractivity contribution >= 4 is 17.4 Å². The van der Waals surface area contributed by atoms with Gasteiger partial charge in [0.15, 0.2) is 0 Å². The average molecular weight is 413 g/mol. The largest absolute Gasteiger partial charge is 0.493 e. The van der Waals surface area contributed by atoms with Gasteiger partial charge in [0.25, 0.3) is 5.91 Å². The summed E-state index contributed by atoms with van der Waals surface area (Å²) in [5.74, 6) is 0.673. The summed E-state index contributed by atoms with van der Waals surface area (Å²) in [5, 5.41) is 5.80. The summed E-state index contributed by atoms with van der Waals surface area (Å²) in [4.78, 5) is 16.7. The fourth-order valence-electron chi connectivity index (χ4n) is 3.21. The van der Waals surface area contributed by atoms with Crippen LogP contribution < -0.4 is 15.4 Å². The van der Waals surface area contributed by atoms with Gasteiger partial charge in [0, 0.05) is 24.7 Å². The third-order valence-corrected chi connectivity index (χ3v) is 4.72. The summed E-state index contributed by atoms with van der Waals surface area (Å²) >= 11 is 0. The highest BCUT2D eigenvalue weighted by Crippen LogP contribution is 2.30. The van der Waals surface area contributed by atoms with Crippen LogP contribution in [0.3, 0.4) is 0 Å². The zero-order chi connectivity index (χ0) is 21.1. The number of amides is 1. The number of nitrogens with zero attached hydrogens (tertiary/aromatic N) is 1. The molecule has 0 radical (unpaired) electrons. The number of benzene rings is 2. The highest BCUT2D eigenvalue weighted by Gasteiger charge is 2.31. The van der Waals surface area contributed by atoms with E-state index in [1.807, 2.05) is 12.1 Å². The van der Waals surface area contributed by atoms with E-state index >= 15 is 0 Å². The predicted octanol–water partition coefficient (Wildman–Crippen LogP) is 4.90. The van der Waals surface area contributed by atoms with E-state index in [4.69, 9.17) is 4.74 Å². The van der Waals surface area contributed by atoms with Gasteiger partial charge in [-0.2, -0.15) is 13.2 Å². The van der Waals surface area contributed by atoms with E-state index in [2.05, 4.69) is 21.7 Å². The molecule has 0 fully saturated rings. The van der Waals surface area contributed by atoms with Gasteiger partial charge in [-0.05, 0) is 47.5 Å². The predicted molar refractivity (Wildman–Crippen MR) is 107 cm³/mol. The molecule has 0 unspecified atom stereocenters. The molecule has 0 aliphatic carbocycles. The lowest BCUT2D eigenvalue weighted by Crippen LogP contribution is -2.15. The van der Waals surface area contributed by atoms with E-state index in [1.165, 1.54) is 12.1 Å². The van der Waals surface area contributed by atoms with Crippen LogP contribution in [0.4, 0.5) is 24.7 Å². The van der Waals surface area contributed by atoms with Crippen LogP contribution in [0, 0.1) is 0 Å². The van der Waals surface area contributed by atoms with Crippen LogP contribution in [0.5, 0.6) is 5.75 Å². The summed E-state index contributed by atoms with van der Waals surface area (Å²) < 4.78 is 44.2. The van der Waals surface area contributed by atoms with Crippen LogP contribution in [-0.4, -0.2) is 17.5 Å². The number of carbonyl (C=O) groups is 1. The second-order valence-electron chi connectivity index (χ2n) is 6.83. The van der Waals surface area contributed by atoms with Gasteiger partial charge in [-0.15, -0.1) is 0 Å². The molecule has 1 aliphatic heterocycles. The van der Waals surface area contributed by atoms with E-state index < -0.39 is 17.6 Å². The number of hydrogen-bond acceptors (Lipinski definition) is 4. The van der Waals surface area contributed by atoms with Crippen LogP contribution in [0.2, 0.25) is 0 Å². The zero-order valence-electron chi connectivity index (χ0n) is 15.8. The van der Waals surface area contributed by atoms with Crippen LogP contribution >= 0.6 is 0 Å². The SMILES string of the molecule is O=C(Nc1cccnc1NCc1ccc2c(c1)CCO2)c1cccc(C(F)(F)F)c1. The van der Waals surface area contributed by atoms with Gasteiger partial charge in [-0.3, -0.25) is 4.79 Å². The molecule has 154 valence electrons. The zero-order valence-corrected chi connectivity index (χ0v) is 15.8. The second-order valence-corrected chi connectivity index (χ2v) is 6.83. The standard InChI is InChI=1S/C22H18F3N3O2/c23-22(24,25)17-4-1-3-16(12-17)21(29)28-18-5-2-9-26-20(18)27-13-14-6-7-19-15(11-14)8-10-30-19/h1-7,9,11-12H,8,10,13H2,(H,26,27)(H,28,29). The third-order valence-electron chi connectivity index (χ3n) is 4.72. The first-order valence-corrected chi connectivity index (χ1v) is 9.32. The Bertz CT molecular complexity index is 1080. The maximum atomic E-state index is 12.9. The Morgan fingerprint density at radius 1 is 1.10 bits per heavy atom. The lowest BCUT2D eigenvalue weighted by molar-refractivity contribution is -0.137. The van der Waals surface area contributed by atoms with Gasteiger partial charge < -0.3 is 15.4 Å². The van der Waals surface area contributed by atoms with E-state index in [0.29, 0.717) is 24.7 Å². The van der Waals surface area contributed by atoms with Crippen molar-refractivity contribution in [2.45, 2.75) is 19.1 Å². The Morgan fingerprint density at radius 2 is 1.97 bits per heavy atom. The molecular formula is C22H18F3N3O2. The van der Waals surface area contributed by atoms with Crippen molar-refractivity contribution in [3.8, 4) is 5.75 Å². The molecule has 1 aliphatic rings. The van der Waals surface area contributed by atoms with E-state index in [1.54, 1.807) is 18.3 Å². The Kier molecular flexibility index (Phi) is 5.31. The smallest absolute Gasteiger partial charge is 0.416 e. The second kappa shape index (κ2) is 8.06. The molecule has 1 amide bonds. The molecule has 30 heavy (non-hydrogen) atoms. The number of ether oxygens (including phenoxy) is 1. The average Bonchev–Trinajstić information content (AvgIpc) is 3.20. The third kappa shape index (κ3) is 4.37. The number of rotatable bonds is 5. The normalized spacial score (nSPS) is 12.8. The maximum absolute atomic E-state index is 12.9. The number of carbonyl (C=O) groups excluding carboxylic acids is 1. The lowest BCUT2D eigenvalue weighted by atomic mass is 10.1. The quantitative estimate of drug-likeness (QED) is 0.625. The van der Waals surface area contributed by atoms with Crippen molar-refractivity contribution < 1.29 is 22.7 Å². The number of halogens is 3. The molecule has 0 saturated heterocycles. The van der Waals surface area contributed by atoms with Gasteiger partial charge in [-0.25, -0.2) is 4.98 Å². The first-order chi connectivity index (χ1) is 14.4. The van der Waals surface area contributed by atoms with Crippen molar-refractivity contribution in [2.75, 3.05) is 17.2 Å². The number of fused-ring (bicyclic) bond motifs is 1. The first-order valence-electron chi connectivity index (χ1n) is 9.32. The monoisotopic (exact) mass is 413 g/mol. The van der Waals surface area contributed by atoms with Crippen LogP contribution in [-0.2, 0) is 19.1 Å². The highest BCUT2D eigenvalue weighted by atomic mass is 19.4. The molecule has 3 aromatic rings. The van der Waals surface area contributed by atoms with Gasteiger partial charge in [0.1, 0.15) is 11.6 Å². The minimum atomic E-state index is -4.52. The van der Waals surface area contributed by atoms with Crippen LogP contribution in [0.15, 0.2) is 60.8 Å². The molecule has 5 nitrogen and oxygen atoms in total. The molecule has 2 N–H and O–H groups in total. The van der Waals surface area contributed by atoms with E-state index in [-0.39, 0.29) is 5.56 Å². The summed E-state index contributed by atoms with van der Waals surface area (Å²) in [7, 11) is 0. The van der Waals surface area contributed by atoms with Crippen LogP contribution in [0.25, 0.3) is 0 Å². The van der Waals surface area contributed by atoms with Crippen molar-refractivity contribution in [3.63, 3.8) is 0 Å². The first kappa shape index (κ1) is 19.8. The molecule has 4 rings (SSSR count). The number of hydrogen-bond donors (Lipinski definition) is 2. The minimum absolute atomic E-state index is 0.0850. The molecule has 0 saturated carbocycles. The van der Waals surface area contributed by atoms with Gasteiger partial charge in [0.2, 0.25) is 0 Å². The number of alkyl halides is 3. The summed E-state index contributed by atoms with van der Waals surface area (Å²) in [6, 6.07) is 13.5. The van der Waals surface area contributed by atoms with E-state index in [0.717, 1.165) is 35.4 Å². The van der Waals surface area contributed by atoms with E-state index in [9.17, 15) is 18.0 Å². The Balaban J connectivity index is 1.47. The number of pyridine rings is 1. The van der Waals surface area contributed by atoms with Crippen LogP contribution in [0.1, 0.15) is 27.0 Å². The van der Waals surface area contributed by atoms with Gasteiger partial charge in [-0.1, -0.05) is 18.2 Å². The summed E-state index contributed by atoms with van der Waals surface area (Å²) in [6.07, 6.45) is -2.08. The molecule has 0 spiro atoms. The minimum Gasteiger partial charge on any atom is -0.493 e. The van der Waals surface area contributed by atoms with Gasteiger partial charge in [0.05, 0.1) is 17.9 Å².